The summed E-state index contributed by atoms with van der Waals surface area (Å²) in [6.45, 7) is 0. The van der Waals surface area contributed by atoms with Gasteiger partial charge in [0.1, 0.15) is 17.2 Å². The number of nitrogens with zero attached hydrogens (tertiary/aromatic N) is 1. The van der Waals surface area contributed by atoms with Crippen LogP contribution in [0.25, 0.3) is 22.5 Å². The number of methoxy groups -OCH3 is 1. The van der Waals surface area contributed by atoms with E-state index in [1.165, 1.54) is 13.2 Å². The molecule has 10 nitrogen and oxygen atoms in total. The smallest absolute Gasteiger partial charge is 0.274 e. The minimum absolute atomic E-state index is 0.000292. The molecule has 0 aliphatic heterocycles. The van der Waals surface area contributed by atoms with Crippen LogP contribution >= 0.6 is 11.6 Å². The maximum Gasteiger partial charge on any atom is 0.274 e. The Kier molecular flexibility index (Phi) is 6.62. The second-order valence-electron chi connectivity index (χ2n) is 8.03. The molecule has 4 rings (SSSR count). The average molecular weight is 488 g/mol. The summed E-state index contributed by atoms with van der Waals surface area (Å²) in [5.41, 5.74) is 2.67. The van der Waals surface area contributed by atoms with Crippen LogP contribution < -0.4 is 15.5 Å². The van der Waals surface area contributed by atoms with E-state index in [1.54, 1.807) is 29.7 Å². The monoisotopic (exact) mass is 487 g/mol. The van der Waals surface area contributed by atoms with Crippen LogP contribution in [0, 0.1) is 5.92 Å². The van der Waals surface area contributed by atoms with Crippen molar-refractivity contribution in [3.63, 3.8) is 0 Å². The van der Waals surface area contributed by atoms with Crippen molar-refractivity contribution in [1.29, 1.82) is 0 Å². The van der Waals surface area contributed by atoms with E-state index in [9.17, 15) is 19.8 Å². The number of benzene rings is 2. The summed E-state index contributed by atoms with van der Waals surface area (Å²) < 4.78 is 10.7. The maximum atomic E-state index is 13.1. The summed E-state index contributed by atoms with van der Waals surface area (Å²) in [5, 5.41) is 35.7. The number of ether oxygens (including phenoxy) is 1. The van der Waals surface area contributed by atoms with Crippen molar-refractivity contribution >= 4 is 23.4 Å². The van der Waals surface area contributed by atoms with Crippen LogP contribution in [-0.2, 0) is 4.79 Å². The quantitative estimate of drug-likeness (QED) is 0.250. The number of amides is 2. The molecule has 0 spiro atoms. The van der Waals surface area contributed by atoms with Gasteiger partial charge in [0, 0.05) is 18.5 Å². The Morgan fingerprint density at radius 3 is 2.53 bits per heavy atom. The van der Waals surface area contributed by atoms with Crippen LogP contribution in [0.15, 0.2) is 40.9 Å². The first-order valence-electron chi connectivity index (χ1n) is 10.4. The van der Waals surface area contributed by atoms with E-state index < -0.39 is 11.8 Å². The molecule has 1 saturated carbocycles. The van der Waals surface area contributed by atoms with Gasteiger partial charge in [0.2, 0.25) is 5.91 Å². The van der Waals surface area contributed by atoms with Gasteiger partial charge in [0.05, 0.1) is 23.3 Å². The molecule has 2 amide bonds. The van der Waals surface area contributed by atoms with Crippen LogP contribution in [0.4, 0.5) is 0 Å². The van der Waals surface area contributed by atoms with Crippen molar-refractivity contribution in [2.45, 2.75) is 25.3 Å². The molecule has 1 fully saturated rings. The lowest BCUT2D eigenvalue weighted by atomic mass is 9.78. The van der Waals surface area contributed by atoms with Crippen LogP contribution in [-0.4, -0.2) is 45.5 Å². The number of rotatable bonds is 7. The third kappa shape index (κ3) is 4.63. The minimum Gasteiger partial charge on any atom is -0.507 e. The standard InChI is InChI=1S/C23H22ClN3O7/c1-33-14-4-2-12(3-5-14)20-21(23(31)25-13-6-11(7-13)8-19(30)26-32)27-34-22(20)15-9-16(24)18(29)10-17(15)28/h2-5,9-11,13,28-29,32H,6-8H2,1H3,(H,25,31)(H,26,30). The maximum absolute atomic E-state index is 13.1. The number of hydrogen-bond donors (Lipinski definition) is 5. The van der Waals surface area contributed by atoms with Crippen LogP contribution in [0.1, 0.15) is 29.8 Å². The third-order valence-electron chi connectivity index (χ3n) is 5.77. The number of halogens is 1. The predicted molar refractivity (Wildman–Crippen MR) is 121 cm³/mol. The number of phenols is 2. The summed E-state index contributed by atoms with van der Waals surface area (Å²) in [6.07, 6.45) is 1.33. The first-order chi connectivity index (χ1) is 16.3. The molecule has 178 valence electrons. The van der Waals surface area contributed by atoms with E-state index >= 15 is 0 Å². The highest BCUT2D eigenvalue weighted by molar-refractivity contribution is 6.32. The SMILES string of the molecule is COc1ccc(-c2c(C(=O)NC3CC(CC(=O)NO)C3)noc2-c2cc(Cl)c(O)cc2O)cc1. The molecule has 1 heterocycles. The van der Waals surface area contributed by atoms with Gasteiger partial charge < -0.3 is 24.8 Å². The van der Waals surface area contributed by atoms with Crippen molar-refractivity contribution in [3.05, 3.63) is 47.1 Å². The Labute approximate surface area is 199 Å². The minimum atomic E-state index is -0.486. The fraction of sp³-hybridized carbons (Fsp3) is 0.261. The number of aromatic nitrogens is 1. The number of hydrogen-bond acceptors (Lipinski definition) is 8. The Morgan fingerprint density at radius 2 is 1.88 bits per heavy atom. The van der Waals surface area contributed by atoms with Crippen molar-refractivity contribution in [2.75, 3.05) is 7.11 Å². The van der Waals surface area contributed by atoms with E-state index in [-0.39, 0.29) is 51.9 Å². The van der Waals surface area contributed by atoms with Gasteiger partial charge in [-0.1, -0.05) is 28.9 Å². The van der Waals surface area contributed by atoms with Gasteiger partial charge >= 0.3 is 0 Å². The molecule has 11 heteroatoms. The molecule has 5 N–H and O–H groups in total. The molecule has 1 aliphatic carbocycles. The zero-order chi connectivity index (χ0) is 24.4. The Bertz CT molecular complexity index is 1220. The van der Waals surface area contributed by atoms with Crippen LogP contribution in [0.5, 0.6) is 17.2 Å². The topological polar surface area (TPSA) is 154 Å². The second-order valence-corrected chi connectivity index (χ2v) is 8.44. The second kappa shape index (κ2) is 9.62. The van der Waals surface area contributed by atoms with Gasteiger partial charge in [-0.2, -0.15) is 0 Å². The molecule has 1 aliphatic rings. The number of nitrogens with one attached hydrogen (secondary N) is 2. The van der Waals surface area contributed by atoms with Crippen molar-refractivity contribution in [3.8, 4) is 39.7 Å². The van der Waals surface area contributed by atoms with Gasteiger partial charge in [-0.05, 0) is 42.5 Å². The third-order valence-corrected chi connectivity index (χ3v) is 6.07. The lowest BCUT2D eigenvalue weighted by molar-refractivity contribution is -0.130. The zero-order valence-electron chi connectivity index (χ0n) is 18.0. The summed E-state index contributed by atoms with van der Waals surface area (Å²) in [6, 6.07) is 9.10. The largest absolute Gasteiger partial charge is 0.507 e. The van der Waals surface area contributed by atoms with Gasteiger partial charge in [0.25, 0.3) is 5.91 Å². The summed E-state index contributed by atoms with van der Waals surface area (Å²) >= 11 is 6.04. The first-order valence-corrected chi connectivity index (χ1v) is 10.8. The molecule has 0 unspecified atom stereocenters. The molecule has 0 radical (unpaired) electrons. The number of phenolic OH excluding ortho intramolecular Hbond substituents is 2. The van der Waals surface area contributed by atoms with Crippen molar-refractivity contribution in [1.82, 2.24) is 16.0 Å². The fourth-order valence-electron chi connectivity index (χ4n) is 3.97. The molecule has 0 bridgehead atoms. The van der Waals surface area contributed by atoms with Crippen molar-refractivity contribution < 1.29 is 34.3 Å². The molecule has 2 aromatic carbocycles. The van der Waals surface area contributed by atoms with Gasteiger partial charge in [0.15, 0.2) is 11.5 Å². The Morgan fingerprint density at radius 1 is 1.18 bits per heavy atom. The van der Waals surface area contributed by atoms with E-state index in [0.29, 0.717) is 29.7 Å². The highest BCUT2D eigenvalue weighted by Crippen LogP contribution is 2.43. The van der Waals surface area contributed by atoms with Crippen LogP contribution in [0.3, 0.4) is 0 Å². The fourth-order valence-corrected chi connectivity index (χ4v) is 4.13. The van der Waals surface area contributed by atoms with E-state index in [2.05, 4.69) is 10.5 Å². The molecular formula is C23H22ClN3O7. The molecule has 0 saturated heterocycles. The van der Waals surface area contributed by atoms with Crippen molar-refractivity contribution in [2.24, 2.45) is 5.92 Å². The zero-order valence-corrected chi connectivity index (χ0v) is 18.8. The van der Waals surface area contributed by atoms with Gasteiger partial charge in [-0.25, -0.2) is 5.48 Å². The first kappa shape index (κ1) is 23.4. The van der Waals surface area contributed by atoms with Crippen LogP contribution in [0.2, 0.25) is 5.02 Å². The van der Waals surface area contributed by atoms with Gasteiger partial charge in [-0.15, -0.1) is 0 Å². The lowest BCUT2D eigenvalue weighted by Crippen LogP contribution is -2.45. The molecule has 3 aromatic rings. The molecule has 1 aromatic heterocycles. The highest BCUT2D eigenvalue weighted by Gasteiger charge is 2.34. The average Bonchev–Trinajstić information content (AvgIpc) is 3.24. The number of aromatic hydroxyl groups is 2. The number of carbonyl (C=O) groups excluding carboxylic acids is 2. The summed E-state index contributed by atoms with van der Waals surface area (Å²) in [7, 11) is 1.53. The molecular weight excluding hydrogens is 466 g/mol. The molecule has 34 heavy (non-hydrogen) atoms. The predicted octanol–water partition coefficient (Wildman–Crippen LogP) is 3.49. The summed E-state index contributed by atoms with van der Waals surface area (Å²) in [4.78, 5) is 24.4. The van der Waals surface area contributed by atoms with E-state index in [4.69, 9.17) is 26.1 Å². The van der Waals surface area contributed by atoms with Gasteiger partial charge in [-0.3, -0.25) is 14.8 Å². The summed E-state index contributed by atoms with van der Waals surface area (Å²) in [5.74, 6) is -0.797. The highest BCUT2D eigenvalue weighted by atomic mass is 35.5. The normalized spacial score (nSPS) is 17.0. The molecule has 0 atom stereocenters. The lowest BCUT2D eigenvalue weighted by Gasteiger charge is -2.35. The Balaban J connectivity index is 1.66. The number of hydroxylamine groups is 1. The number of carbonyl (C=O) groups is 2. The van der Waals surface area contributed by atoms with E-state index in [1.807, 2.05) is 0 Å². The Hall–Kier alpha value is -3.76. The van der Waals surface area contributed by atoms with E-state index in [0.717, 1.165) is 6.07 Å².